The minimum Gasteiger partial charge on any atom is -0.321 e. The fourth-order valence-electron chi connectivity index (χ4n) is 4.18. The summed E-state index contributed by atoms with van der Waals surface area (Å²) in [5.41, 5.74) is 5.09. The van der Waals surface area contributed by atoms with Crippen LogP contribution in [0.3, 0.4) is 0 Å². The van der Waals surface area contributed by atoms with E-state index in [9.17, 15) is 19.7 Å². The van der Waals surface area contributed by atoms with Gasteiger partial charge in [-0.3, -0.25) is 4.79 Å². The van der Waals surface area contributed by atoms with Gasteiger partial charge in [0.25, 0.3) is 5.91 Å². The lowest BCUT2D eigenvalue weighted by Crippen LogP contribution is -2.13. The molecule has 0 fully saturated rings. The molecule has 160 valence electrons. The van der Waals surface area contributed by atoms with Crippen LogP contribution in [-0.4, -0.2) is 10.5 Å². The number of nitrogens with zero attached hydrogens (tertiary/aromatic N) is 3. The van der Waals surface area contributed by atoms with Crippen molar-refractivity contribution in [1.82, 2.24) is 4.57 Å². The Morgan fingerprint density at radius 1 is 1.19 bits per heavy atom. The Morgan fingerprint density at radius 2 is 1.91 bits per heavy atom. The molecule has 2 aromatic heterocycles. The van der Waals surface area contributed by atoms with Gasteiger partial charge in [0.1, 0.15) is 28.4 Å². The summed E-state index contributed by atoms with van der Waals surface area (Å²) in [6, 6.07) is 11.6. The van der Waals surface area contributed by atoms with Crippen molar-refractivity contribution >= 4 is 29.0 Å². The monoisotopic (exact) mass is 444 g/mol. The number of rotatable bonds is 4. The number of fused-ring (bicyclic) bond motifs is 1. The summed E-state index contributed by atoms with van der Waals surface area (Å²) in [6.07, 6.45) is 5.76. The van der Waals surface area contributed by atoms with Crippen molar-refractivity contribution in [2.75, 3.05) is 5.32 Å². The van der Waals surface area contributed by atoms with Gasteiger partial charge in [0, 0.05) is 22.0 Å². The molecule has 0 saturated heterocycles. The molecule has 1 aliphatic rings. The summed E-state index contributed by atoms with van der Waals surface area (Å²) in [5, 5.41) is 22.0. The Hall–Kier alpha value is -3.68. The Balaban J connectivity index is 1.72. The first-order valence-corrected chi connectivity index (χ1v) is 11.2. The van der Waals surface area contributed by atoms with Gasteiger partial charge in [-0.2, -0.15) is 10.5 Å². The summed E-state index contributed by atoms with van der Waals surface area (Å²) in [6.45, 7) is 3.89. The minimum absolute atomic E-state index is 0.0533. The van der Waals surface area contributed by atoms with E-state index in [-0.39, 0.29) is 5.57 Å². The highest BCUT2D eigenvalue weighted by molar-refractivity contribution is 7.13. The molecule has 5 nitrogen and oxygen atoms in total. The molecule has 1 N–H and O–H groups in total. The smallest absolute Gasteiger partial charge is 0.266 e. The molecule has 0 saturated carbocycles. The quantitative estimate of drug-likeness (QED) is 0.421. The molecular weight excluding hydrogens is 423 g/mol. The standard InChI is InChI=1S/C25H21FN4OS/c1-15-11-17(12-18(13-27)25(31)29-20-9-7-19(26)8-10-20)16(2)30(15)24-21-5-3-4-6-22(21)32-23(24)14-28/h7-12H,3-6H2,1-2H3,(H,29,31)/b18-12-. The zero-order valence-electron chi connectivity index (χ0n) is 17.8. The lowest BCUT2D eigenvalue weighted by atomic mass is 9.97. The maximum Gasteiger partial charge on any atom is 0.266 e. The van der Waals surface area contributed by atoms with Gasteiger partial charge in [-0.25, -0.2) is 4.39 Å². The molecule has 2 heterocycles. The highest BCUT2D eigenvalue weighted by Gasteiger charge is 2.24. The largest absolute Gasteiger partial charge is 0.321 e. The van der Waals surface area contributed by atoms with Crippen LogP contribution in [0.5, 0.6) is 0 Å². The Kier molecular flexibility index (Phi) is 5.94. The van der Waals surface area contributed by atoms with Crippen LogP contribution in [0.15, 0.2) is 35.9 Å². The van der Waals surface area contributed by atoms with Gasteiger partial charge >= 0.3 is 0 Å². The van der Waals surface area contributed by atoms with Crippen molar-refractivity contribution in [2.24, 2.45) is 0 Å². The molecule has 1 aromatic carbocycles. The number of anilines is 1. The maximum atomic E-state index is 13.1. The number of carbonyl (C=O) groups excluding carboxylic acids is 1. The van der Waals surface area contributed by atoms with Crippen LogP contribution >= 0.6 is 11.3 Å². The number of nitrogens with one attached hydrogen (secondary N) is 1. The number of aryl methyl sites for hydroxylation is 2. The van der Waals surface area contributed by atoms with Crippen LogP contribution in [0, 0.1) is 42.3 Å². The molecule has 0 atom stereocenters. The Morgan fingerprint density at radius 3 is 2.59 bits per heavy atom. The van der Waals surface area contributed by atoms with Crippen LogP contribution in [0.1, 0.15) is 45.1 Å². The van der Waals surface area contributed by atoms with E-state index >= 15 is 0 Å². The number of hydrogen-bond donors (Lipinski definition) is 1. The summed E-state index contributed by atoms with van der Waals surface area (Å²) in [7, 11) is 0. The van der Waals surface area contributed by atoms with E-state index in [1.165, 1.54) is 34.7 Å². The first kappa shape index (κ1) is 21.5. The van der Waals surface area contributed by atoms with Gasteiger partial charge in [0.15, 0.2) is 0 Å². The molecule has 32 heavy (non-hydrogen) atoms. The van der Waals surface area contributed by atoms with Gasteiger partial charge in [-0.1, -0.05) is 0 Å². The third-order valence-electron chi connectivity index (χ3n) is 5.71. The molecule has 3 aromatic rings. The number of halogens is 1. The SMILES string of the molecule is Cc1cc(/C=C(/C#N)C(=O)Nc2ccc(F)cc2)c(C)n1-c1c(C#N)sc2c1CCCC2. The van der Waals surface area contributed by atoms with E-state index in [0.717, 1.165) is 48.3 Å². The topological polar surface area (TPSA) is 81.6 Å². The van der Waals surface area contributed by atoms with Crippen molar-refractivity contribution in [3.63, 3.8) is 0 Å². The first-order chi connectivity index (χ1) is 15.4. The molecule has 4 rings (SSSR count). The number of hydrogen-bond acceptors (Lipinski definition) is 4. The van der Waals surface area contributed by atoms with E-state index in [1.807, 2.05) is 26.0 Å². The fourth-order valence-corrected chi connectivity index (χ4v) is 5.35. The second-order valence-electron chi connectivity index (χ2n) is 7.79. The average Bonchev–Trinajstić information content (AvgIpc) is 3.29. The van der Waals surface area contributed by atoms with E-state index in [4.69, 9.17) is 0 Å². The van der Waals surface area contributed by atoms with Crippen LogP contribution in [0.4, 0.5) is 10.1 Å². The van der Waals surface area contributed by atoms with E-state index in [0.29, 0.717) is 10.6 Å². The van der Waals surface area contributed by atoms with Crippen molar-refractivity contribution in [3.8, 4) is 17.8 Å². The highest BCUT2D eigenvalue weighted by Crippen LogP contribution is 2.38. The molecule has 0 bridgehead atoms. The van der Waals surface area contributed by atoms with Crippen molar-refractivity contribution in [3.05, 3.63) is 74.0 Å². The lowest BCUT2D eigenvalue weighted by molar-refractivity contribution is -0.112. The van der Waals surface area contributed by atoms with Gasteiger partial charge < -0.3 is 9.88 Å². The number of nitriles is 2. The van der Waals surface area contributed by atoms with E-state index in [2.05, 4.69) is 16.0 Å². The van der Waals surface area contributed by atoms with E-state index in [1.54, 1.807) is 17.4 Å². The Labute approximate surface area is 190 Å². The molecule has 0 aliphatic heterocycles. The second-order valence-corrected chi connectivity index (χ2v) is 8.90. The van der Waals surface area contributed by atoms with Crippen molar-refractivity contribution < 1.29 is 9.18 Å². The van der Waals surface area contributed by atoms with Gasteiger partial charge in [0.2, 0.25) is 0 Å². The second kappa shape index (κ2) is 8.82. The zero-order valence-corrected chi connectivity index (χ0v) is 18.6. The van der Waals surface area contributed by atoms with Crippen LogP contribution in [-0.2, 0) is 17.6 Å². The molecule has 1 aliphatic carbocycles. The van der Waals surface area contributed by atoms with Gasteiger partial charge in [-0.05, 0) is 87.1 Å². The summed E-state index contributed by atoms with van der Waals surface area (Å²) in [4.78, 5) is 14.6. The van der Waals surface area contributed by atoms with Crippen molar-refractivity contribution in [1.29, 1.82) is 10.5 Å². The third kappa shape index (κ3) is 3.95. The van der Waals surface area contributed by atoms with Crippen LogP contribution < -0.4 is 5.32 Å². The normalized spacial score (nSPS) is 13.2. The van der Waals surface area contributed by atoms with Gasteiger partial charge in [0.05, 0.1) is 5.69 Å². The first-order valence-electron chi connectivity index (χ1n) is 10.4. The number of aromatic nitrogens is 1. The van der Waals surface area contributed by atoms with Gasteiger partial charge in [-0.15, -0.1) is 11.3 Å². The number of benzene rings is 1. The number of thiophene rings is 1. The molecule has 0 radical (unpaired) electrons. The van der Waals surface area contributed by atoms with Crippen LogP contribution in [0.2, 0.25) is 0 Å². The lowest BCUT2D eigenvalue weighted by Gasteiger charge is -2.16. The minimum atomic E-state index is -0.561. The van der Waals surface area contributed by atoms with E-state index < -0.39 is 11.7 Å². The fraction of sp³-hybridized carbons (Fsp3) is 0.240. The maximum absolute atomic E-state index is 13.1. The molecule has 0 spiro atoms. The molecule has 0 unspecified atom stereocenters. The average molecular weight is 445 g/mol. The van der Waals surface area contributed by atoms with Crippen LogP contribution in [0.25, 0.3) is 11.8 Å². The predicted molar refractivity (Wildman–Crippen MR) is 123 cm³/mol. The number of carbonyl (C=O) groups is 1. The Bertz CT molecular complexity index is 1320. The molecule has 1 amide bonds. The summed E-state index contributed by atoms with van der Waals surface area (Å²) in [5.74, 6) is -0.964. The van der Waals surface area contributed by atoms with Crippen molar-refractivity contribution in [2.45, 2.75) is 39.5 Å². The number of amides is 1. The molecule has 7 heteroatoms. The summed E-state index contributed by atoms with van der Waals surface area (Å²) < 4.78 is 15.2. The zero-order chi connectivity index (χ0) is 22.8. The molecular formula is C25H21FN4OS. The predicted octanol–water partition coefficient (Wildman–Crippen LogP) is 5.59. The summed E-state index contributed by atoms with van der Waals surface area (Å²) >= 11 is 1.57. The highest BCUT2D eigenvalue weighted by atomic mass is 32.1. The third-order valence-corrected chi connectivity index (χ3v) is 6.89.